The number of hydrogen-bond donors (Lipinski definition) is 1. The lowest BCUT2D eigenvalue weighted by molar-refractivity contribution is -0.239. The zero-order valence-corrected chi connectivity index (χ0v) is 20.7. The molecule has 0 radical (unpaired) electrons. The first-order valence-electron chi connectivity index (χ1n) is 10.6. The smallest absolute Gasteiger partial charge is 0.308 e. The molecule has 9 heteroatoms. The number of aliphatic hydroxyl groups excluding tert-OH is 1. The van der Waals surface area contributed by atoms with Crippen LogP contribution in [0.4, 0.5) is 0 Å². The summed E-state index contributed by atoms with van der Waals surface area (Å²) in [6, 6.07) is 0. The largest absolute Gasteiger partial charge is 0.489 e. The van der Waals surface area contributed by atoms with Crippen LogP contribution in [0.3, 0.4) is 0 Å². The number of allylic oxidation sites excluding steroid dienone is 2. The molecule has 3 rings (SSSR count). The maximum Gasteiger partial charge on any atom is 0.308 e. The first-order chi connectivity index (χ1) is 14.7. The van der Waals surface area contributed by atoms with E-state index in [2.05, 4.69) is 29.2 Å². The Morgan fingerprint density at radius 2 is 2.06 bits per heavy atom. The second-order valence-corrected chi connectivity index (χ2v) is 10.6. The number of aliphatic hydroxyl groups is 1. The van der Waals surface area contributed by atoms with Crippen LogP contribution in [-0.2, 0) is 28.5 Å². The summed E-state index contributed by atoms with van der Waals surface area (Å²) in [4.78, 5) is 24.0. The summed E-state index contributed by atoms with van der Waals surface area (Å²) in [5.41, 5.74) is 0. The molecule has 0 spiro atoms. The number of carbonyl (C=O) groups excluding carboxylic acids is 2. The fourth-order valence-electron chi connectivity index (χ4n) is 4.49. The Bertz CT molecular complexity index is 727. The van der Waals surface area contributed by atoms with Gasteiger partial charge in [0.15, 0.2) is 5.78 Å². The maximum atomic E-state index is 12.4. The normalized spacial score (nSPS) is 36.8. The van der Waals surface area contributed by atoms with Gasteiger partial charge in [-0.25, -0.2) is 0 Å². The third kappa shape index (κ3) is 6.22. The van der Waals surface area contributed by atoms with E-state index in [1.807, 2.05) is 6.92 Å². The Kier molecular flexibility index (Phi) is 8.82. The van der Waals surface area contributed by atoms with Gasteiger partial charge in [0.05, 0.1) is 31.8 Å². The van der Waals surface area contributed by atoms with Gasteiger partial charge in [0.1, 0.15) is 24.1 Å². The van der Waals surface area contributed by atoms with Gasteiger partial charge >= 0.3 is 5.97 Å². The van der Waals surface area contributed by atoms with Crippen molar-refractivity contribution in [1.82, 2.24) is 0 Å². The number of halogens is 2. The van der Waals surface area contributed by atoms with Crippen LogP contribution in [0.1, 0.15) is 45.4 Å². The Morgan fingerprint density at radius 3 is 2.74 bits per heavy atom. The van der Waals surface area contributed by atoms with Gasteiger partial charge in [-0.15, -0.1) is 11.6 Å². The molecule has 3 aliphatic heterocycles. The molecule has 3 saturated heterocycles. The molecule has 7 nitrogen and oxygen atoms in total. The Morgan fingerprint density at radius 1 is 1.32 bits per heavy atom. The lowest BCUT2D eigenvalue weighted by Crippen LogP contribution is -2.57. The second-order valence-electron chi connectivity index (χ2n) is 8.48. The standard InChI is InChI=1S/C22H30ClIO7/c1-11(24)8-13(23)4-5-14(25)9-17-19(27)22-21(31-17)12(2)20-16(30-22)7-6-15(29-20)10-18(26)28-3/h9,12-13,15-16,19-22,27H,1,4-8,10H2,2-3H3/b17-9-/t12-,13+,15+,16-,19-,20+,21-,22?/m0/s1. The number of rotatable bonds is 8. The highest BCUT2D eigenvalue weighted by Crippen LogP contribution is 2.43. The molecule has 1 unspecified atom stereocenters. The molecular weight excluding hydrogens is 539 g/mol. The molecule has 0 aromatic rings. The molecule has 0 bridgehead atoms. The van der Waals surface area contributed by atoms with E-state index in [9.17, 15) is 14.7 Å². The molecule has 0 aliphatic carbocycles. The molecule has 0 saturated carbocycles. The van der Waals surface area contributed by atoms with E-state index in [0.717, 1.165) is 10.0 Å². The average Bonchev–Trinajstić information content (AvgIpc) is 3.02. The fraction of sp³-hybridized carbons (Fsp3) is 0.727. The molecule has 3 fully saturated rings. The highest BCUT2D eigenvalue weighted by molar-refractivity contribution is 14.1. The van der Waals surface area contributed by atoms with E-state index in [0.29, 0.717) is 19.3 Å². The van der Waals surface area contributed by atoms with E-state index >= 15 is 0 Å². The van der Waals surface area contributed by atoms with Crippen molar-refractivity contribution in [3.8, 4) is 0 Å². The lowest BCUT2D eigenvalue weighted by Gasteiger charge is -2.46. The number of ether oxygens (including phenoxy) is 4. The number of ketones is 1. The minimum absolute atomic E-state index is 0.0678. The summed E-state index contributed by atoms with van der Waals surface area (Å²) in [6.45, 7) is 5.81. The zero-order chi connectivity index (χ0) is 22.7. The van der Waals surface area contributed by atoms with Crippen LogP contribution in [0.15, 0.2) is 22.0 Å². The minimum Gasteiger partial charge on any atom is -0.489 e. The molecule has 31 heavy (non-hydrogen) atoms. The Labute approximate surface area is 201 Å². The zero-order valence-electron chi connectivity index (χ0n) is 17.8. The molecule has 3 aliphatic rings. The van der Waals surface area contributed by atoms with Gasteiger partial charge in [-0.1, -0.05) is 13.5 Å². The molecule has 0 aromatic heterocycles. The molecule has 3 heterocycles. The predicted molar refractivity (Wildman–Crippen MR) is 123 cm³/mol. The summed E-state index contributed by atoms with van der Waals surface area (Å²) < 4.78 is 23.9. The first kappa shape index (κ1) is 25.0. The quantitative estimate of drug-likeness (QED) is 0.208. The van der Waals surface area contributed by atoms with Crippen LogP contribution in [0, 0.1) is 5.92 Å². The molecule has 0 amide bonds. The van der Waals surface area contributed by atoms with Crippen molar-refractivity contribution in [1.29, 1.82) is 0 Å². The Hall–Kier alpha value is -0.680. The highest BCUT2D eigenvalue weighted by atomic mass is 127. The van der Waals surface area contributed by atoms with Crippen LogP contribution >= 0.6 is 34.2 Å². The number of esters is 1. The second kappa shape index (κ2) is 11.0. The van der Waals surface area contributed by atoms with Crippen LogP contribution in [0.5, 0.6) is 0 Å². The van der Waals surface area contributed by atoms with Gasteiger partial charge in [0.25, 0.3) is 0 Å². The highest BCUT2D eigenvalue weighted by Gasteiger charge is 2.54. The van der Waals surface area contributed by atoms with Crippen LogP contribution in [0.25, 0.3) is 0 Å². The molecule has 0 aromatic carbocycles. The van der Waals surface area contributed by atoms with Gasteiger partial charge in [0.2, 0.25) is 0 Å². The van der Waals surface area contributed by atoms with Gasteiger partial charge < -0.3 is 24.1 Å². The molecular formula is C22H30ClIO7. The summed E-state index contributed by atoms with van der Waals surface area (Å²) in [5, 5.41) is 10.6. The first-order valence-corrected chi connectivity index (χ1v) is 12.1. The van der Waals surface area contributed by atoms with Crippen LogP contribution in [-0.4, -0.2) is 66.0 Å². The predicted octanol–water partition coefficient (Wildman–Crippen LogP) is 3.44. The van der Waals surface area contributed by atoms with E-state index in [-0.39, 0.29) is 60.0 Å². The SMILES string of the molecule is C=C(I)C[C@H](Cl)CCC(=O)/C=C1\O[C@@H]2C(O[C@H]3CC[C@H](CC(=O)OC)O[C@@H]3[C@@H]2C)[C@H]1O. The molecule has 8 atom stereocenters. The number of alkyl halides is 1. The monoisotopic (exact) mass is 568 g/mol. The third-order valence-corrected chi connectivity index (χ3v) is 6.94. The minimum atomic E-state index is -0.994. The summed E-state index contributed by atoms with van der Waals surface area (Å²) in [7, 11) is 1.36. The number of hydrogen-bond acceptors (Lipinski definition) is 7. The number of carbonyl (C=O) groups is 2. The topological polar surface area (TPSA) is 91.3 Å². The van der Waals surface area contributed by atoms with Gasteiger partial charge in [-0.3, -0.25) is 9.59 Å². The van der Waals surface area contributed by atoms with Gasteiger partial charge in [-0.05, 0) is 51.9 Å². The maximum absolute atomic E-state index is 12.4. The van der Waals surface area contributed by atoms with Gasteiger partial charge in [-0.2, -0.15) is 0 Å². The lowest BCUT2D eigenvalue weighted by atomic mass is 9.83. The van der Waals surface area contributed by atoms with Crippen molar-refractivity contribution in [2.24, 2.45) is 5.92 Å². The summed E-state index contributed by atoms with van der Waals surface area (Å²) >= 11 is 8.35. The summed E-state index contributed by atoms with van der Waals surface area (Å²) in [5.74, 6) is -0.274. The van der Waals surface area contributed by atoms with Crippen molar-refractivity contribution in [3.63, 3.8) is 0 Å². The number of fused-ring (bicyclic) bond motifs is 2. The van der Waals surface area contributed by atoms with E-state index in [1.54, 1.807) is 0 Å². The number of methoxy groups -OCH3 is 1. The summed E-state index contributed by atoms with van der Waals surface area (Å²) in [6.07, 6.45) is 1.83. The van der Waals surface area contributed by atoms with E-state index in [1.165, 1.54) is 13.2 Å². The van der Waals surface area contributed by atoms with Crippen molar-refractivity contribution < 1.29 is 33.6 Å². The third-order valence-electron chi connectivity index (χ3n) is 6.13. The van der Waals surface area contributed by atoms with Crippen LogP contribution in [0.2, 0.25) is 0 Å². The van der Waals surface area contributed by atoms with Crippen molar-refractivity contribution in [2.45, 2.75) is 87.4 Å². The fourth-order valence-corrected chi connectivity index (χ4v) is 5.58. The van der Waals surface area contributed by atoms with Crippen molar-refractivity contribution in [3.05, 3.63) is 22.0 Å². The molecule has 1 N–H and O–H groups in total. The van der Waals surface area contributed by atoms with E-state index in [4.69, 9.17) is 30.5 Å². The van der Waals surface area contributed by atoms with E-state index < -0.39 is 18.3 Å². The van der Waals surface area contributed by atoms with Crippen molar-refractivity contribution >= 4 is 45.9 Å². The Balaban J connectivity index is 1.60. The van der Waals surface area contributed by atoms with Crippen molar-refractivity contribution in [2.75, 3.05) is 7.11 Å². The average molecular weight is 569 g/mol. The van der Waals surface area contributed by atoms with Crippen LogP contribution < -0.4 is 0 Å². The molecule has 174 valence electrons. The van der Waals surface area contributed by atoms with Gasteiger partial charge in [0, 0.05) is 23.8 Å².